The molecule has 2 rings (SSSR count). The van der Waals surface area contributed by atoms with E-state index >= 15 is 0 Å². The SMILES string of the molecule is Cc1cc(S(=O)(=O)NC2(C)CCCOC2)cc(N)c1C. The minimum absolute atomic E-state index is 0.213. The van der Waals surface area contributed by atoms with Crippen LogP contribution in [-0.4, -0.2) is 27.2 Å². The highest BCUT2D eigenvalue weighted by Gasteiger charge is 2.33. The molecule has 0 aromatic heterocycles. The van der Waals surface area contributed by atoms with Crippen LogP contribution in [0.25, 0.3) is 0 Å². The molecule has 1 saturated heterocycles. The number of aryl methyl sites for hydroxylation is 1. The first-order valence-corrected chi connectivity index (χ1v) is 8.20. The van der Waals surface area contributed by atoms with E-state index in [0.29, 0.717) is 18.9 Å². The van der Waals surface area contributed by atoms with Crippen molar-refractivity contribution in [1.82, 2.24) is 4.72 Å². The van der Waals surface area contributed by atoms with Gasteiger partial charge in [-0.15, -0.1) is 0 Å². The van der Waals surface area contributed by atoms with E-state index in [2.05, 4.69) is 4.72 Å². The molecule has 3 N–H and O–H groups in total. The molecule has 20 heavy (non-hydrogen) atoms. The normalized spacial score (nSPS) is 23.8. The zero-order valence-electron chi connectivity index (χ0n) is 12.2. The van der Waals surface area contributed by atoms with Crippen molar-refractivity contribution in [2.75, 3.05) is 18.9 Å². The predicted octanol–water partition coefficient (Wildman–Crippen LogP) is 1.73. The molecule has 1 aromatic carbocycles. The molecule has 0 amide bonds. The summed E-state index contributed by atoms with van der Waals surface area (Å²) in [6, 6.07) is 3.17. The maximum absolute atomic E-state index is 12.5. The Labute approximate surface area is 120 Å². The summed E-state index contributed by atoms with van der Waals surface area (Å²) in [5.74, 6) is 0. The van der Waals surface area contributed by atoms with Gasteiger partial charge in [0, 0.05) is 12.3 Å². The van der Waals surface area contributed by atoms with Crippen molar-refractivity contribution in [2.45, 2.75) is 44.0 Å². The average molecular weight is 298 g/mol. The molecule has 112 valence electrons. The third kappa shape index (κ3) is 3.13. The topological polar surface area (TPSA) is 81.4 Å². The number of ether oxygens (including phenoxy) is 1. The fourth-order valence-electron chi connectivity index (χ4n) is 2.41. The summed E-state index contributed by atoms with van der Waals surface area (Å²) >= 11 is 0. The second-order valence-electron chi connectivity index (χ2n) is 5.78. The number of hydrogen-bond acceptors (Lipinski definition) is 4. The number of nitrogen functional groups attached to an aromatic ring is 1. The molecule has 6 heteroatoms. The largest absolute Gasteiger partial charge is 0.398 e. The summed E-state index contributed by atoms with van der Waals surface area (Å²) in [4.78, 5) is 0.213. The lowest BCUT2D eigenvalue weighted by atomic mass is 9.97. The van der Waals surface area contributed by atoms with E-state index in [1.807, 2.05) is 20.8 Å². The van der Waals surface area contributed by atoms with Crippen LogP contribution in [0, 0.1) is 13.8 Å². The first-order valence-electron chi connectivity index (χ1n) is 6.72. The second kappa shape index (κ2) is 5.35. The molecular formula is C14H22N2O3S. The molecule has 0 aliphatic carbocycles. The van der Waals surface area contributed by atoms with Crippen molar-refractivity contribution in [1.29, 1.82) is 0 Å². The molecule has 1 aromatic rings. The fourth-order valence-corrected chi connectivity index (χ4v) is 3.95. The van der Waals surface area contributed by atoms with Crippen LogP contribution in [0.3, 0.4) is 0 Å². The summed E-state index contributed by atoms with van der Waals surface area (Å²) in [7, 11) is -3.59. The van der Waals surface area contributed by atoms with Crippen LogP contribution in [0.1, 0.15) is 30.9 Å². The Bertz CT molecular complexity index is 582. The van der Waals surface area contributed by atoms with Crippen LogP contribution in [-0.2, 0) is 14.8 Å². The number of anilines is 1. The summed E-state index contributed by atoms with van der Waals surface area (Å²) < 4.78 is 33.1. The van der Waals surface area contributed by atoms with E-state index in [9.17, 15) is 8.42 Å². The van der Waals surface area contributed by atoms with Gasteiger partial charge in [0.2, 0.25) is 10.0 Å². The monoisotopic (exact) mass is 298 g/mol. The van der Waals surface area contributed by atoms with E-state index in [-0.39, 0.29) is 4.90 Å². The standard InChI is InChI=1S/C14H22N2O3S/c1-10-7-12(8-13(15)11(10)2)20(17,18)16-14(3)5-4-6-19-9-14/h7-8,16H,4-6,9,15H2,1-3H3. The van der Waals surface area contributed by atoms with E-state index in [1.165, 1.54) is 6.07 Å². The molecule has 1 atom stereocenters. The Morgan fingerprint density at radius 1 is 1.35 bits per heavy atom. The Kier molecular flexibility index (Phi) is 4.09. The van der Waals surface area contributed by atoms with E-state index in [0.717, 1.165) is 24.0 Å². The van der Waals surface area contributed by atoms with Crippen molar-refractivity contribution in [2.24, 2.45) is 0 Å². The first kappa shape index (κ1) is 15.3. The van der Waals surface area contributed by atoms with Crippen LogP contribution >= 0.6 is 0 Å². The van der Waals surface area contributed by atoms with Crippen molar-refractivity contribution in [3.63, 3.8) is 0 Å². The summed E-state index contributed by atoms with van der Waals surface area (Å²) in [6.45, 7) is 6.69. The smallest absolute Gasteiger partial charge is 0.241 e. The quantitative estimate of drug-likeness (QED) is 0.833. The van der Waals surface area contributed by atoms with Gasteiger partial charge in [-0.25, -0.2) is 13.1 Å². The second-order valence-corrected chi connectivity index (χ2v) is 7.46. The van der Waals surface area contributed by atoms with Crippen LogP contribution in [0.15, 0.2) is 17.0 Å². The molecule has 1 heterocycles. The highest BCUT2D eigenvalue weighted by Crippen LogP contribution is 2.25. The van der Waals surface area contributed by atoms with Gasteiger partial charge in [-0.3, -0.25) is 0 Å². The zero-order valence-corrected chi connectivity index (χ0v) is 13.0. The molecule has 1 aliphatic heterocycles. The van der Waals surface area contributed by atoms with Gasteiger partial charge in [0.15, 0.2) is 0 Å². The number of nitrogens with one attached hydrogen (secondary N) is 1. The van der Waals surface area contributed by atoms with Crippen molar-refractivity contribution >= 4 is 15.7 Å². The number of benzene rings is 1. The molecule has 0 radical (unpaired) electrons. The van der Waals surface area contributed by atoms with Crippen LogP contribution in [0.2, 0.25) is 0 Å². The minimum Gasteiger partial charge on any atom is -0.398 e. The highest BCUT2D eigenvalue weighted by atomic mass is 32.2. The van der Waals surface area contributed by atoms with Crippen molar-refractivity contribution < 1.29 is 13.2 Å². The van der Waals surface area contributed by atoms with Gasteiger partial charge in [-0.05, 0) is 56.9 Å². The van der Waals surface area contributed by atoms with Gasteiger partial charge in [0.05, 0.1) is 17.0 Å². The molecule has 1 unspecified atom stereocenters. The van der Waals surface area contributed by atoms with E-state index in [1.54, 1.807) is 6.07 Å². The van der Waals surface area contributed by atoms with Gasteiger partial charge in [-0.1, -0.05) is 0 Å². The fraction of sp³-hybridized carbons (Fsp3) is 0.571. The van der Waals surface area contributed by atoms with Crippen molar-refractivity contribution in [3.8, 4) is 0 Å². The number of hydrogen-bond donors (Lipinski definition) is 2. The molecular weight excluding hydrogens is 276 g/mol. The third-order valence-electron chi connectivity index (χ3n) is 3.81. The van der Waals surface area contributed by atoms with Gasteiger partial charge in [0.1, 0.15) is 0 Å². The molecule has 1 fully saturated rings. The lowest BCUT2D eigenvalue weighted by Crippen LogP contribution is -2.51. The summed E-state index contributed by atoms with van der Waals surface area (Å²) in [5.41, 5.74) is 7.60. The zero-order chi connectivity index (χ0) is 15.0. The van der Waals surface area contributed by atoms with E-state index < -0.39 is 15.6 Å². The first-order chi connectivity index (χ1) is 9.23. The van der Waals surface area contributed by atoms with Gasteiger partial charge in [0.25, 0.3) is 0 Å². The Balaban J connectivity index is 2.31. The maximum atomic E-state index is 12.5. The van der Waals surface area contributed by atoms with Gasteiger partial charge >= 0.3 is 0 Å². The Morgan fingerprint density at radius 3 is 2.60 bits per heavy atom. The summed E-state index contributed by atoms with van der Waals surface area (Å²) in [5, 5.41) is 0. The number of nitrogens with two attached hydrogens (primary N) is 1. The van der Waals surface area contributed by atoms with Gasteiger partial charge < -0.3 is 10.5 Å². The Morgan fingerprint density at radius 2 is 2.05 bits per heavy atom. The average Bonchev–Trinajstić information content (AvgIpc) is 2.35. The van der Waals surface area contributed by atoms with Crippen molar-refractivity contribution in [3.05, 3.63) is 23.3 Å². The van der Waals surface area contributed by atoms with Crippen LogP contribution < -0.4 is 10.5 Å². The number of sulfonamides is 1. The Hall–Kier alpha value is -1.11. The lowest BCUT2D eigenvalue weighted by Gasteiger charge is -2.33. The molecule has 5 nitrogen and oxygen atoms in total. The lowest BCUT2D eigenvalue weighted by molar-refractivity contribution is 0.0386. The molecule has 0 saturated carbocycles. The highest BCUT2D eigenvalue weighted by molar-refractivity contribution is 7.89. The minimum atomic E-state index is -3.59. The van der Waals surface area contributed by atoms with Gasteiger partial charge in [-0.2, -0.15) is 0 Å². The van der Waals surface area contributed by atoms with E-state index in [4.69, 9.17) is 10.5 Å². The summed E-state index contributed by atoms with van der Waals surface area (Å²) in [6.07, 6.45) is 1.63. The molecule has 1 aliphatic rings. The van der Waals surface area contributed by atoms with Crippen LogP contribution in [0.5, 0.6) is 0 Å². The molecule has 0 bridgehead atoms. The predicted molar refractivity (Wildman–Crippen MR) is 79.1 cm³/mol. The number of rotatable bonds is 3. The van der Waals surface area contributed by atoms with Crippen LogP contribution in [0.4, 0.5) is 5.69 Å². The third-order valence-corrected chi connectivity index (χ3v) is 5.43. The maximum Gasteiger partial charge on any atom is 0.241 e. The molecule has 0 spiro atoms.